The minimum absolute atomic E-state index is 0.321. The molecule has 16 heavy (non-hydrogen) atoms. The molecule has 0 aliphatic carbocycles. The second kappa shape index (κ2) is 6.97. The van der Waals surface area contributed by atoms with Gasteiger partial charge < -0.3 is 10.2 Å². The fraction of sp³-hybridized carbons (Fsp3) is 0.600. The van der Waals surface area contributed by atoms with E-state index in [9.17, 15) is 9.59 Å². The van der Waals surface area contributed by atoms with Gasteiger partial charge in [-0.3, -0.25) is 19.8 Å². The highest BCUT2D eigenvalue weighted by Gasteiger charge is 2.26. The van der Waals surface area contributed by atoms with Crippen molar-refractivity contribution in [2.24, 2.45) is 0 Å². The van der Waals surface area contributed by atoms with Crippen molar-refractivity contribution in [3.63, 3.8) is 0 Å². The first-order valence-electron chi connectivity index (χ1n) is 4.94. The Balaban J connectivity index is 4.57. The third kappa shape index (κ3) is 4.90. The van der Waals surface area contributed by atoms with E-state index < -0.39 is 18.0 Å². The zero-order valence-corrected chi connectivity index (χ0v) is 9.51. The fourth-order valence-electron chi connectivity index (χ4n) is 1.28. The topological polar surface area (TPSA) is 89.9 Å². The summed E-state index contributed by atoms with van der Waals surface area (Å²) in [5.41, 5.74) is 0. The lowest BCUT2D eigenvalue weighted by atomic mass is 10.2. The van der Waals surface area contributed by atoms with E-state index in [0.717, 1.165) is 0 Å². The van der Waals surface area contributed by atoms with E-state index >= 15 is 0 Å². The van der Waals surface area contributed by atoms with Crippen molar-refractivity contribution in [2.45, 2.75) is 26.1 Å². The van der Waals surface area contributed by atoms with Gasteiger partial charge in [0.15, 0.2) is 0 Å². The van der Waals surface area contributed by atoms with E-state index in [1.807, 2.05) is 0 Å². The monoisotopic (exact) mass is 230 g/mol. The van der Waals surface area contributed by atoms with Crippen LogP contribution in [0.1, 0.15) is 13.8 Å². The highest BCUT2D eigenvalue weighted by atomic mass is 16.4. The molecule has 2 unspecified atom stereocenters. The number of aliphatic carboxylic acids is 2. The van der Waals surface area contributed by atoms with Crippen molar-refractivity contribution in [1.29, 1.82) is 0 Å². The van der Waals surface area contributed by atoms with Crippen LogP contribution in [0.25, 0.3) is 0 Å². The molecule has 0 heterocycles. The molecule has 2 atom stereocenters. The summed E-state index contributed by atoms with van der Waals surface area (Å²) in [5, 5.41) is 20.5. The van der Waals surface area contributed by atoms with Crippen molar-refractivity contribution in [3.8, 4) is 0 Å². The van der Waals surface area contributed by atoms with Crippen molar-refractivity contribution in [2.75, 3.05) is 13.1 Å². The lowest BCUT2D eigenvalue weighted by Gasteiger charge is -2.31. The molecule has 0 aromatic rings. The smallest absolute Gasteiger partial charge is 0.320 e. The average molecular weight is 230 g/mol. The lowest BCUT2D eigenvalue weighted by Crippen LogP contribution is -2.52. The van der Waals surface area contributed by atoms with E-state index in [0.29, 0.717) is 6.54 Å². The highest BCUT2D eigenvalue weighted by molar-refractivity contribution is 5.75. The minimum Gasteiger partial charge on any atom is -0.480 e. The van der Waals surface area contributed by atoms with Crippen LogP contribution in [0.3, 0.4) is 0 Å². The quantitative estimate of drug-likeness (QED) is 0.400. The number of carboxylic acid groups (broad SMARTS) is 2. The van der Waals surface area contributed by atoms with Gasteiger partial charge in [0.25, 0.3) is 0 Å². The summed E-state index contributed by atoms with van der Waals surface area (Å²) in [7, 11) is 0. The molecular weight excluding hydrogens is 212 g/mol. The van der Waals surface area contributed by atoms with Crippen LogP contribution >= 0.6 is 0 Å². The van der Waals surface area contributed by atoms with Crippen LogP contribution in [0.2, 0.25) is 0 Å². The highest BCUT2D eigenvalue weighted by Crippen LogP contribution is 2.03. The largest absolute Gasteiger partial charge is 0.480 e. The zero-order chi connectivity index (χ0) is 12.7. The second-order valence-corrected chi connectivity index (χ2v) is 3.45. The summed E-state index contributed by atoms with van der Waals surface area (Å²) in [6.45, 7) is 6.86. The predicted octanol–water partition coefficient (Wildman–Crippen LogP) is -0.0323. The van der Waals surface area contributed by atoms with Gasteiger partial charge in [-0.15, -0.1) is 6.58 Å². The van der Waals surface area contributed by atoms with Gasteiger partial charge >= 0.3 is 11.9 Å². The molecule has 92 valence electrons. The van der Waals surface area contributed by atoms with Crippen molar-refractivity contribution in [3.05, 3.63) is 12.7 Å². The van der Waals surface area contributed by atoms with Crippen molar-refractivity contribution < 1.29 is 19.8 Å². The molecule has 0 aromatic heterocycles. The summed E-state index contributed by atoms with van der Waals surface area (Å²) in [6, 6.07) is -0.858. The number of nitrogens with zero attached hydrogens (tertiary/aromatic N) is 1. The molecule has 6 heteroatoms. The molecule has 0 saturated carbocycles. The Morgan fingerprint density at radius 1 is 1.44 bits per heavy atom. The van der Waals surface area contributed by atoms with Crippen LogP contribution in [0, 0.1) is 0 Å². The van der Waals surface area contributed by atoms with Crippen LogP contribution in [0.15, 0.2) is 12.7 Å². The fourth-order valence-corrected chi connectivity index (χ4v) is 1.28. The van der Waals surface area contributed by atoms with Crippen molar-refractivity contribution >= 4 is 11.9 Å². The number of carboxylic acids is 2. The second-order valence-electron chi connectivity index (χ2n) is 3.45. The van der Waals surface area contributed by atoms with E-state index in [-0.39, 0.29) is 12.7 Å². The minimum atomic E-state index is -1.06. The van der Waals surface area contributed by atoms with E-state index in [1.54, 1.807) is 13.0 Å². The van der Waals surface area contributed by atoms with Gasteiger partial charge in [0.05, 0.1) is 12.7 Å². The van der Waals surface area contributed by atoms with Gasteiger partial charge in [0.2, 0.25) is 0 Å². The third-order valence-electron chi connectivity index (χ3n) is 2.23. The van der Waals surface area contributed by atoms with Crippen LogP contribution in [-0.2, 0) is 9.59 Å². The number of hydrogen-bond donors (Lipinski definition) is 3. The number of rotatable bonds is 8. The Hall–Kier alpha value is -1.40. The molecule has 0 radical (unpaired) electrons. The Kier molecular flexibility index (Phi) is 6.36. The molecule has 0 rings (SSSR count). The van der Waals surface area contributed by atoms with Crippen LogP contribution in [0.4, 0.5) is 0 Å². The van der Waals surface area contributed by atoms with Crippen LogP contribution in [-0.4, -0.2) is 52.3 Å². The van der Waals surface area contributed by atoms with Gasteiger partial charge in [-0.25, -0.2) is 0 Å². The maximum atomic E-state index is 10.8. The van der Waals surface area contributed by atoms with Crippen LogP contribution in [0.5, 0.6) is 0 Å². The van der Waals surface area contributed by atoms with E-state index in [4.69, 9.17) is 10.2 Å². The van der Waals surface area contributed by atoms with Crippen LogP contribution < -0.4 is 5.32 Å². The van der Waals surface area contributed by atoms with E-state index in [2.05, 4.69) is 11.9 Å². The molecule has 6 nitrogen and oxygen atoms in total. The lowest BCUT2D eigenvalue weighted by molar-refractivity contribution is -0.147. The first kappa shape index (κ1) is 14.6. The first-order chi connectivity index (χ1) is 7.40. The van der Waals surface area contributed by atoms with Gasteiger partial charge in [-0.2, -0.15) is 0 Å². The molecule has 0 aromatic carbocycles. The average Bonchev–Trinajstić information content (AvgIpc) is 2.21. The maximum absolute atomic E-state index is 10.8. The van der Waals surface area contributed by atoms with Gasteiger partial charge in [-0.05, 0) is 13.8 Å². The zero-order valence-electron chi connectivity index (χ0n) is 9.51. The maximum Gasteiger partial charge on any atom is 0.320 e. The molecule has 3 N–H and O–H groups in total. The standard InChI is InChI=1S/C10H18N2O4/c1-4-5-11-8(3)12(6-9(13)14)7(2)10(15)16/h4,7-8,11H,1,5-6H2,2-3H3,(H,13,14)(H,15,16). The molecule has 0 amide bonds. The molecule has 0 aliphatic rings. The summed E-state index contributed by atoms with van der Waals surface area (Å²) in [4.78, 5) is 22.8. The van der Waals surface area contributed by atoms with E-state index in [1.165, 1.54) is 11.8 Å². The molecule has 0 fully saturated rings. The molecule has 0 spiro atoms. The third-order valence-corrected chi connectivity index (χ3v) is 2.23. The van der Waals surface area contributed by atoms with Crippen molar-refractivity contribution in [1.82, 2.24) is 10.2 Å². The summed E-state index contributed by atoms with van der Waals surface area (Å²) >= 11 is 0. The van der Waals surface area contributed by atoms with Gasteiger partial charge in [0, 0.05) is 6.54 Å². The Labute approximate surface area is 94.6 Å². The van der Waals surface area contributed by atoms with Gasteiger partial charge in [-0.1, -0.05) is 6.08 Å². The Morgan fingerprint density at radius 2 is 2.00 bits per heavy atom. The normalized spacial score (nSPS) is 14.4. The van der Waals surface area contributed by atoms with Gasteiger partial charge in [0.1, 0.15) is 6.04 Å². The first-order valence-corrected chi connectivity index (χ1v) is 4.94. The molecule has 0 bridgehead atoms. The summed E-state index contributed by atoms with van der Waals surface area (Å²) < 4.78 is 0. The summed E-state index contributed by atoms with van der Waals surface area (Å²) in [5.74, 6) is -2.10. The SMILES string of the molecule is C=CCNC(C)N(CC(=O)O)C(C)C(=O)O. The number of hydrogen-bond acceptors (Lipinski definition) is 4. The number of nitrogens with one attached hydrogen (secondary N) is 1. The Bertz CT molecular complexity index is 268. The Morgan fingerprint density at radius 3 is 2.38 bits per heavy atom. The molecule has 0 aliphatic heterocycles. The predicted molar refractivity (Wildman–Crippen MR) is 59.1 cm³/mol. The number of carbonyl (C=O) groups is 2. The molecular formula is C10H18N2O4. The summed E-state index contributed by atoms with van der Waals surface area (Å²) in [6.07, 6.45) is 1.28. The molecule has 0 saturated heterocycles.